The summed E-state index contributed by atoms with van der Waals surface area (Å²) in [5.41, 5.74) is 9.10. The van der Waals surface area contributed by atoms with Gasteiger partial charge < -0.3 is 20.5 Å². The Morgan fingerprint density at radius 1 is 1.09 bits per heavy atom. The van der Waals surface area contributed by atoms with Gasteiger partial charge in [-0.25, -0.2) is 9.78 Å². The number of nitrogens with two attached hydrogens (primary N) is 1. The lowest BCUT2D eigenvalue weighted by Crippen LogP contribution is -2.18. The molecule has 1 amide bonds. The third-order valence-electron chi connectivity index (χ3n) is 5.02. The number of carbonyl (C=O) groups excluding carboxylic acids is 1. The Morgan fingerprint density at radius 2 is 1.82 bits per heavy atom. The number of amides is 1. The number of aryl methyl sites for hydroxylation is 2. The summed E-state index contributed by atoms with van der Waals surface area (Å²) in [7, 11) is 1.63. The van der Waals surface area contributed by atoms with Crippen LogP contribution in [0.25, 0.3) is 0 Å². The van der Waals surface area contributed by atoms with Crippen molar-refractivity contribution in [1.29, 1.82) is 0 Å². The lowest BCUT2D eigenvalue weighted by atomic mass is 9.82. The molecule has 2 aromatic carbocycles. The average molecular weight is 489 g/mol. The number of hydrogen-bond donors (Lipinski definition) is 2. The van der Waals surface area contributed by atoms with Crippen molar-refractivity contribution in [2.45, 2.75) is 39.0 Å². The number of primary amides is 1. The number of ether oxygens (including phenoxy) is 2. The number of halogens is 2. The summed E-state index contributed by atoms with van der Waals surface area (Å²) in [5, 5.41) is 3.63. The van der Waals surface area contributed by atoms with Gasteiger partial charge >= 0.3 is 6.09 Å². The first-order chi connectivity index (χ1) is 15.6. The van der Waals surface area contributed by atoms with Crippen LogP contribution >= 0.6 is 23.2 Å². The van der Waals surface area contributed by atoms with E-state index in [-0.39, 0.29) is 10.7 Å². The van der Waals surface area contributed by atoms with Crippen molar-refractivity contribution in [3.05, 3.63) is 69.6 Å². The van der Waals surface area contributed by atoms with Gasteiger partial charge in [0.1, 0.15) is 16.5 Å². The number of nitrogens with zero attached hydrogens (tertiary/aromatic N) is 2. The van der Waals surface area contributed by atoms with Gasteiger partial charge in [0.05, 0.1) is 13.3 Å². The SMILES string of the molecule is COc1ccc(Nc2nc(Cl)ncc2Cl)cc1CCc1cc(OC(N)=O)ccc1C(C)(C)C. The van der Waals surface area contributed by atoms with Crippen LogP contribution in [0.15, 0.2) is 42.6 Å². The normalized spacial score (nSPS) is 11.2. The molecule has 7 nitrogen and oxygen atoms in total. The van der Waals surface area contributed by atoms with Gasteiger partial charge in [-0.05, 0) is 76.9 Å². The first-order valence-corrected chi connectivity index (χ1v) is 11.0. The number of hydrogen-bond acceptors (Lipinski definition) is 6. The molecule has 3 rings (SSSR count). The smallest absolute Gasteiger partial charge is 0.409 e. The first-order valence-electron chi connectivity index (χ1n) is 10.3. The summed E-state index contributed by atoms with van der Waals surface area (Å²) in [6.07, 6.45) is 1.98. The molecule has 0 spiro atoms. The predicted octanol–water partition coefficient (Wildman–Crippen LogP) is 6.08. The Hall–Kier alpha value is -3.03. The summed E-state index contributed by atoms with van der Waals surface area (Å²) in [6, 6.07) is 11.3. The molecule has 0 unspecified atom stereocenters. The van der Waals surface area contributed by atoms with E-state index < -0.39 is 6.09 Å². The fraction of sp³-hybridized carbons (Fsp3) is 0.292. The second-order valence-corrected chi connectivity index (χ2v) is 9.22. The molecule has 0 aliphatic rings. The molecule has 3 N–H and O–H groups in total. The number of carbonyl (C=O) groups is 1. The van der Waals surface area contributed by atoms with Crippen molar-refractivity contribution >= 4 is 40.8 Å². The van der Waals surface area contributed by atoms with Gasteiger partial charge in [-0.1, -0.05) is 38.4 Å². The highest BCUT2D eigenvalue weighted by molar-refractivity contribution is 6.33. The van der Waals surface area contributed by atoms with Crippen LogP contribution in [0, 0.1) is 0 Å². The van der Waals surface area contributed by atoms with E-state index in [4.69, 9.17) is 38.4 Å². The standard InChI is InChI=1S/C24H26Cl2N4O3/c1-24(2,3)18-9-8-17(33-23(27)31)12-14(18)5-6-15-11-16(7-10-20(15)32-4)29-21-19(25)13-28-22(26)30-21/h7-13H,5-6H2,1-4H3,(H2,27,31)(H,28,29,30). The second-order valence-electron chi connectivity index (χ2n) is 8.48. The molecule has 3 aromatic rings. The van der Waals surface area contributed by atoms with Crippen LogP contribution in [0.5, 0.6) is 11.5 Å². The van der Waals surface area contributed by atoms with Crippen molar-refractivity contribution in [3.8, 4) is 11.5 Å². The maximum Gasteiger partial charge on any atom is 0.409 e. The molecule has 174 valence electrons. The van der Waals surface area contributed by atoms with Crippen molar-refractivity contribution in [3.63, 3.8) is 0 Å². The van der Waals surface area contributed by atoms with E-state index in [1.54, 1.807) is 13.2 Å². The molecule has 0 bridgehead atoms. The van der Waals surface area contributed by atoms with Crippen molar-refractivity contribution < 1.29 is 14.3 Å². The summed E-state index contributed by atoms with van der Waals surface area (Å²) >= 11 is 12.1. The van der Waals surface area contributed by atoms with Gasteiger partial charge in [-0.15, -0.1) is 0 Å². The quantitative estimate of drug-likeness (QED) is 0.391. The van der Waals surface area contributed by atoms with E-state index in [1.165, 1.54) is 6.20 Å². The lowest BCUT2D eigenvalue weighted by Gasteiger charge is -2.24. The van der Waals surface area contributed by atoms with E-state index in [2.05, 4.69) is 36.1 Å². The maximum absolute atomic E-state index is 11.2. The van der Waals surface area contributed by atoms with Crippen LogP contribution in [0.2, 0.25) is 10.3 Å². The van der Waals surface area contributed by atoms with Crippen molar-refractivity contribution in [2.75, 3.05) is 12.4 Å². The molecule has 0 aliphatic heterocycles. The van der Waals surface area contributed by atoms with Gasteiger partial charge in [0, 0.05) is 5.69 Å². The Labute approximate surface area is 203 Å². The summed E-state index contributed by atoms with van der Waals surface area (Å²) in [5.74, 6) is 1.59. The fourth-order valence-corrected chi connectivity index (χ4v) is 3.85. The number of benzene rings is 2. The average Bonchev–Trinajstić information content (AvgIpc) is 2.74. The molecule has 33 heavy (non-hydrogen) atoms. The van der Waals surface area contributed by atoms with Crippen molar-refractivity contribution in [2.24, 2.45) is 5.73 Å². The van der Waals surface area contributed by atoms with Crippen LogP contribution < -0.4 is 20.5 Å². The highest BCUT2D eigenvalue weighted by Crippen LogP contribution is 2.32. The zero-order chi connectivity index (χ0) is 24.2. The van der Waals surface area contributed by atoms with E-state index in [1.807, 2.05) is 30.3 Å². The minimum absolute atomic E-state index is 0.0862. The van der Waals surface area contributed by atoms with Crippen LogP contribution in [0.1, 0.15) is 37.5 Å². The van der Waals surface area contributed by atoms with E-state index >= 15 is 0 Å². The highest BCUT2D eigenvalue weighted by Gasteiger charge is 2.19. The number of nitrogens with one attached hydrogen (secondary N) is 1. The Kier molecular flexibility index (Phi) is 7.66. The van der Waals surface area contributed by atoms with E-state index in [0.717, 1.165) is 28.1 Å². The molecule has 1 heterocycles. The molecule has 1 aromatic heterocycles. The lowest BCUT2D eigenvalue weighted by molar-refractivity contribution is 0.211. The Morgan fingerprint density at radius 3 is 2.48 bits per heavy atom. The van der Waals surface area contributed by atoms with E-state index in [0.29, 0.717) is 29.4 Å². The Bertz CT molecular complexity index is 1160. The molecule has 0 radical (unpaired) electrons. The molecule has 0 fully saturated rings. The second kappa shape index (κ2) is 10.3. The van der Waals surface area contributed by atoms with Gasteiger partial charge in [0.25, 0.3) is 0 Å². The molecule has 0 saturated heterocycles. The number of aromatic nitrogens is 2. The fourth-order valence-electron chi connectivity index (χ4n) is 3.58. The van der Waals surface area contributed by atoms with Gasteiger partial charge in [-0.3, -0.25) is 0 Å². The van der Waals surface area contributed by atoms with Gasteiger partial charge in [-0.2, -0.15) is 4.98 Å². The molecule has 0 aliphatic carbocycles. The van der Waals surface area contributed by atoms with Crippen LogP contribution in [0.4, 0.5) is 16.3 Å². The molecule has 9 heteroatoms. The molecular weight excluding hydrogens is 463 g/mol. The van der Waals surface area contributed by atoms with Gasteiger partial charge in [0.2, 0.25) is 5.28 Å². The zero-order valence-corrected chi connectivity index (χ0v) is 20.4. The van der Waals surface area contributed by atoms with Crippen LogP contribution in [0.3, 0.4) is 0 Å². The topological polar surface area (TPSA) is 99.4 Å². The van der Waals surface area contributed by atoms with Crippen LogP contribution in [-0.2, 0) is 18.3 Å². The largest absolute Gasteiger partial charge is 0.496 e. The summed E-state index contributed by atoms with van der Waals surface area (Å²) in [6.45, 7) is 6.42. The third kappa shape index (κ3) is 6.49. The Balaban J connectivity index is 1.89. The summed E-state index contributed by atoms with van der Waals surface area (Å²) < 4.78 is 10.7. The molecule has 0 saturated carbocycles. The number of methoxy groups -OCH3 is 1. The van der Waals surface area contributed by atoms with E-state index in [9.17, 15) is 4.79 Å². The highest BCUT2D eigenvalue weighted by atomic mass is 35.5. The minimum atomic E-state index is -0.839. The number of anilines is 2. The first kappa shape index (κ1) is 24.6. The van der Waals surface area contributed by atoms with Crippen molar-refractivity contribution in [1.82, 2.24) is 9.97 Å². The maximum atomic E-state index is 11.2. The monoisotopic (exact) mass is 488 g/mol. The summed E-state index contributed by atoms with van der Waals surface area (Å²) in [4.78, 5) is 19.2. The predicted molar refractivity (Wildman–Crippen MR) is 131 cm³/mol. The number of rotatable bonds is 7. The van der Waals surface area contributed by atoms with Gasteiger partial charge in [0.15, 0.2) is 5.82 Å². The van der Waals surface area contributed by atoms with Crippen LogP contribution in [-0.4, -0.2) is 23.2 Å². The zero-order valence-electron chi connectivity index (χ0n) is 18.9. The molecule has 0 atom stereocenters. The molecular formula is C24H26Cl2N4O3. The minimum Gasteiger partial charge on any atom is -0.496 e. The third-order valence-corrected chi connectivity index (χ3v) is 5.48.